The summed E-state index contributed by atoms with van der Waals surface area (Å²) in [4.78, 5) is 12.8. The Kier molecular flexibility index (Phi) is 5.77. The summed E-state index contributed by atoms with van der Waals surface area (Å²) in [5, 5.41) is 0. The fourth-order valence-electron chi connectivity index (χ4n) is 6.92. The lowest BCUT2D eigenvalue weighted by Gasteiger charge is -2.62. The lowest BCUT2D eigenvalue weighted by atomic mass is 9.47. The van der Waals surface area contributed by atoms with Gasteiger partial charge in [0.15, 0.2) is 11.5 Å². The summed E-state index contributed by atoms with van der Waals surface area (Å²) in [6.07, 6.45) is 0.531. The average molecular weight is 475 g/mol. The predicted molar refractivity (Wildman–Crippen MR) is 120 cm³/mol. The van der Waals surface area contributed by atoms with Crippen LogP contribution in [0.1, 0.15) is 56.3 Å². The molecule has 0 heterocycles. The molecule has 4 saturated carbocycles. The fraction of sp³-hybridized carbons (Fsp3) is 0.519. The first kappa shape index (κ1) is 23.1. The summed E-state index contributed by atoms with van der Waals surface area (Å²) in [6, 6.07) is 12.3. The van der Waals surface area contributed by atoms with E-state index < -0.39 is 23.7 Å². The van der Waals surface area contributed by atoms with Crippen molar-refractivity contribution in [2.45, 2.75) is 57.9 Å². The van der Waals surface area contributed by atoms with Gasteiger partial charge in [-0.1, -0.05) is 32.0 Å². The van der Waals surface area contributed by atoms with Gasteiger partial charge in [-0.15, -0.1) is 13.2 Å². The lowest BCUT2D eigenvalue weighted by molar-refractivity contribution is -0.276. The molecule has 4 aliphatic rings. The van der Waals surface area contributed by atoms with E-state index in [1.54, 1.807) is 30.3 Å². The molecule has 34 heavy (non-hydrogen) atoms. The number of esters is 1. The molecule has 4 fully saturated rings. The second-order valence-electron chi connectivity index (χ2n) is 10.3. The van der Waals surface area contributed by atoms with Gasteiger partial charge < -0.3 is 14.2 Å². The summed E-state index contributed by atoms with van der Waals surface area (Å²) in [5.41, 5.74) is -0.477. The van der Waals surface area contributed by atoms with Crippen molar-refractivity contribution in [2.24, 2.45) is 29.6 Å². The number of alkyl halides is 3. The molecule has 4 aliphatic carbocycles. The van der Waals surface area contributed by atoms with Crippen molar-refractivity contribution in [3.05, 3.63) is 54.1 Å². The van der Waals surface area contributed by atoms with E-state index in [9.17, 15) is 18.0 Å². The molecule has 0 amide bonds. The van der Waals surface area contributed by atoms with E-state index in [0.717, 1.165) is 31.7 Å². The van der Waals surface area contributed by atoms with Crippen LogP contribution in [0, 0.1) is 29.6 Å². The molecular weight excluding hydrogens is 445 g/mol. The highest BCUT2D eigenvalue weighted by molar-refractivity contribution is 5.91. The maximum Gasteiger partial charge on any atom is 0.573 e. The zero-order valence-corrected chi connectivity index (χ0v) is 19.3. The standard InChI is InChI=1S/C27H29F3O4/c1-16(2)26(20-11-17-10-18(13-20)14-21(26)12-17)33-24-15-19(8-9-23(24)34-27(28,29)30)25(31)32-22-6-4-3-5-7-22/h3-9,15-18,20-21H,10-14H2,1-2H3. The van der Waals surface area contributed by atoms with Crippen LogP contribution in [0.25, 0.3) is 0 Å². The van der Waals surface area contributed by atoms with E-state index in [1.165, 1.54) is 18.6 Å². The molecule has 0 saturated heterocycles. The van der Waals surface area contributed by atoms with Crippen LogP contribution in [0.15, 0.2) is 48.5 Å². The van der Waals surface area contributed by atoms with Gasteiger partial charge >= 0.3 is 12.3 Å². The zero-order chi connectivity index (χ0) is 24.1. The summed E-state index contributed by atoms with van der Waals surface area (Å²) in [7, 11) is 0. The van der Waals surface area contributed by atoms with Crippen molar-refractivity contribution >= 4 is 5.97 Å². The maximum absolute atomic E-state index is 13.2. The van der Waals surface area contributed by atoms with Gasteiger partial charge in [-0.25, -0.2) is 4.79 Å². The highest BCUT2D eigenvalue weighted by Gasteiger charge is 2.60. The van der Waals surface area contributed by atoms with E-state index in [4.69, 9.17) is 9.47 Å². The van der Waals surface area contributed by atoms with Crippen molar-refractivity contribution in [2.75, 3.05) is 0 Å². The number of rotatable bonds is 6. The molecule has 2 aromatic carbocycles. The summed E-state index contributed by atoms with van der Waals surface area (Å²) in [5.74, 6) is 1.21. The summed E-state index contributed by atoms with van der Waals surface area (Å²) >= 11 is 0. The lowest BCUT2D eigenvalue weighted by Crippen LogP contribution is -2.63. The van der Waals surface area contributed by atoms with Crippen LogP contribution in [0.4, 0.5) is 13.2 Å². The highest BCUT2D eigenvalue weighted by atomic mass is 19.4. The van der Waals surface area contributed by atoms with Crippen LogP contribution < -0.4 is 14.2 Å². The Balaban J connectivity index is 1.50. The highest BCUT2D eigenvalue weighted by Crippen LogP contribution is 2.62. The SMILES string of the molecule is CC(C)C1(Oc2cc(C(=O)Oc3ccccc3)ccc2OC(F)(F)F)C2CC3CC(C2)CC1C3. The number of para-hydroxylation sites is 1. The normalized spacial score (nSPS) is 29.8. The van der Waals surface area contributed by atoms with Gasteiger partial charge in [0.2, 0.25) is 0 Å². The fourth-order valence-corrected chi connectivity index (χ4v) is 6.92. The first-order valence-corrected chi connectivity index (χ1v) is 12.0. The molecule has 0 N–H and O–H groups in total. The molecule has 0 unspecified atom stereocenters. The Hall–Kier alpha value is -2.70. The van der Waals surface area contributed by atoms with Crippen molar-refractivity contribution < 1.29 is 32.2 Å². The Morgan fingerprint density at radius 3 is 2.09 bits per heavy atom. The Labute approximate surface area is 197 Å². The number of carbonyl (C=O) groups is 1. The minimum absolute atomic E-state index is 0.0546. The van der Waals surface area contributed by atoms with Crippen LogP contribution >= 0.6 is 0 Å². The third-order valence-electron chi connectivity index (χ3n) is 7.96. The monoisotopic (exact) mass is 474 g/mol. The molecule has 0 atom stereocenters. The Morgan fingerprint density at radius 1 is 0.912 bits per heavy atom. The summed E-state index contributed by atoms with van der Waals surface area (Å²) in [6.45, 7) is 4.17. The molecule has 0 aliphatic heterocycles. The molecular formula is C27H29F3O4. The number of ether oxygens (including phenoxy) is 3. The van der Waals surface area contributed by atoms with Crippen molar-refractivity contribution in [1.29, 1.82) is 0 Å². The molecule has 0 radical (unpaired) electrons. The Bertz CT molecular complexity index is 1020. The zero-order valence-electron chi connectivity index (χ0n) is 19.3. The number of hydrogen-bond acceptors (Lipinski definition) is 4. The van der Waals surface area contributed by atoms with E-state index >= 15 is 0 Å². The molecule has 7 heteroatoms. The minimum Gasteiger partial charge on any atom is -0.483 e. The maximum atomic E-state index is 13.2. The predicted octanol–water partition coefficient (Wildman–Crippen LogP) is 7.03. The summed E-state index contributed by atoms with van der Waals surface area (Å²) < 4.78 is 56.0. The molecule has 182 valence electrons. The van der Waals surface area contributed by atoms with Gasteiger partial charge in [0.25, 0.3) is 0 Å². The average Bonchev–Trinajstić information content (AvgIpc) is 2.76. The van der Waals surface area contributed by atoms with E-state index in [1.807, 2.05) is 0 Å². The van der Waals surface area contributed by atoms with Crippen molar-refractivity contribution in [3.8, 4) is 17.2 Å². The topological polar surface area (TPSA) is 44.8 Å². The van der Waals surface area contributed by atoms with Gasteiger partial charge in [-0.3, -0.25) is 0 Å². The molecule has 6 rings (SSSR count). The number of benzene rings is 2. The minimum atomic E-state index is -4.88. The molecule has 0 spiro atoms. The van der Waals surface area contributed by atoms with Crippen molar-refractivity contribution in [1.82, 2.24) is 0 Å². The second kappa shape index (κ2) is 8.51. The van der Waals surface area contributed by atoms with Gasteiger partial charge in [0.1, 0.15) is 11.4 Å². The van der Waals surface area contributed by atoms with Crippen LogP contribution in [-0.2, 0) is 0 Å². The molecule has 4 nitrogen and oxygen atoms in total. The molecule has 0 aromatic heterocycles. The number of hydrogen-bond donors (Lipinski definition) is 0. The van der Waals surface area contributed by atoms with Gasteiger partial charge in [-0.05, 0) is 92.0 Å². The molecule has 2 aromatic rings. The van der Waals surface area contributed by atoms with E-state index in [-0.39, 0.29) is 29.1 Å². The van der Waals surface area contributed by atoms with Crippen molar-refractivity contribution in [3.63, 3.8) is 0 Å². The largest absolute Gasteiger partial charge is 0.573 e. The third kappa shape index (κ3) is 4.25. The first-order valence-electron chi connectivity index (χ1n) is 12.0. The smallest absolute Gasteiger partial charge is 0.483 e. The van der Waals surface area contributed by atoms with E-state index in [2.05, 4.69) is 18.6 Å². The van der Waals surface area contributed by atoms with E-state index in [0.29, 0.717) is 17.6 Å². The number of carbonyl (C=O) groups excluding carboxylic acids is 1. The number of halogens is 3. The van der Waals surface area contributed by atoms with Crippen LogP contribution in [-0.4, -0.2) is 17.9 Å². The first-order chi connectivity index (χ1) is 16.1. The van der Waals surface area contributed by atoms with Crippen LogP contribution in [0.2, 0.25) is 0 Å². The van der Waals surface area contributed by atoms with Gasteiger partial charge in [0.05, 0.1) is 5.56 Å². The Morgan fingerprint density at radius 2 is 1.53 bits per heavy atom. The quantitative estimate of drug-likeness (QED) is 0.333. The van der Waals surface area contributed by atoms with Gasteiger partial charge in [-0.2, -0.15) is 0 Å². The third-order valence-corrected chi connectivity index (χ3v) is 7.96. The van der Waals surface area contributed by atoms with Crippen LogP contribution in [0.5, 0.6) is 17.2 Å². The second-order valence-corrected chi connectivity index (χ2v) is 10.3. The van der Waals surface area contributed by atoms with Crippen LogP contribution in [0.3, 0.4) is 0 Å². The molecule has 4 bridgehead atoms. The van der Waals surface area contributed by atoms with Gasteiger partial charge in [0, 0.05) is 0 Å².